The molecule has 19 heavy (non-hydrogen) atoms. The Kier molecular flexibility index (Phi) is 5.30. The lowest BCUT2D eigenvalue weighted by Crippen LogP contribution is -2.52. The summed E-state index contributed by atoms with van der Waals surface area (Å²) in [7, 11) is -3.42. The number of carbonyl (C=O) groups excluding carboxylic acids is 1. The van der Waals surface area contributed by atoms with Gasteiger partial charge in [-0.2, -0.15) is 4.31 Å². The molecule has 0 spiro atoms. The van der Waals surface area contributed by atoms with Crippen molar-refractivity contribution in [2.24, 2.45) is 5.92 Å². The summed E-state index contributed by atoms with van der Waals surface area (Å²) in [5.74, 6) is -2.11. The Labute approximate surface area is 113 Å². The van der Waals surface area contributed by atoms with Crippen LogP contribution in [0.15, 0.2) is 0 Å². The smallest absolute Gasteiger partial charge is 0.308 e. The average Bonchev–Trinajstić information content (AvgIpc) is 2.34. The van der Waals surface area contributed by atoms with Crippen LogP contribution >= 0.6 is 0 Å². The molecule has 1 heterocycles. The molecule has 1 fully saturated rings. The third kappa shape index (κ3) is 4.46. The molecule has 2 N–H and O–H groups in total. The standard InChI is InChI=1S/C11H20N2O5S/c1-8(11(15)16)7-12-10(14)9-5-3-4-6-13(9)19(2,17)18/h8-9H,3-7H2,1-2H3,(H,12,14)(H,15,16). The number of piperidine rings is 1. The van der Waals surface area contributed by atoms with E-state index in [9.17, 15) is 18.0 Å². The summed E-state index contributed by atoms with van der Waals surface area (Å²) < 4.78 is 24.4. The fraction of sp³-hybridized carbons (Fsp3) is 0.818. The molecular formula is C11H20N2O5S. The second-order valence-electron chi connectivity index (χ2n) is 4.87. The molecule has 0 aromatic heterocycles. The molecular weight excluding hydrogens is 272 g/mol. The van der Waals surface area contributed by atoms with E-state index < -0.39 is 33.9 Å². The summed E-state index contributed by atoms with van der Waals surface area (Å²) in [6, 6.07) is -0.718. The van der Waals surface area contributed by atoms with Crippen LogP contribution in [0.2, 0.25) is 0 Å². The van der Waals surface area contributed by atoms with Gasteiger partial charge in [0.2, 0.25) is 15.9 Å². The van der Waals surface area contributed by atoms with Gasteiger partial charge in [-0.15, -0.1) is 0 Å². The van der Waals surface area contributed by atoms with Crippen molar-refractivity contribution in [2.45, 2.75) is 32.2 Å². The highest BCUT2D eigenvalue weighted by Crippen LogP contribution is 2.19. The third-order valence-electron chi connectivity index (χ3n) is 3.19. The number of nitrogens with zero attached hydrogens (tertiary/aromatic N) is 1. The van der Waals surface area contributed by atoms with Crippen molar-refractivity contribution in [1.82, 2.24) is 9.62 Å². The van der Waals surface area contributed by atoms with Crippen molar-refractivity contribution in [3.05, 3.63) is 0 Å². The predicted octanol–water partition coefficient (Wildman–Crippen LogP) is -0.363. The minimum Gasteiger partial charge on any atom is -0.481 e. The second kappa shape index (κ2) is 6.33. The summed E-state index contributed by atoms with van der Waals surface area (Å²) >= 11 is 0. The van der Waals surface area contributed by atoms with Gasteiger partial charge in [0.05, 0.1) is 12.2 Å². The fourth-order valence-electron chi connectivity index (χ4n) is 2.02. The van der Waals surface area contributed by atoms with Gasteiger partial charge in [-0.3, -0.25) is 9.59 Å². The van der Waals surface area contributed by atoms with Crippen molar-refractivity contribution in [3.8, 4) is 0 Å². The molecule has 8 heteroatoms. The highest BCUT2D eigenvalue weighted by Gasteiger charge is 2.34. The lowest BCUT2D eigenvalue weighted by atomic mass is 10.0. The number of rotatable bonds is 5. The monoisotopic (exact) mass is 292 g/mol. The molecule has 7 nitrogen and oxygen atoms in total. The minimum atomic E-state index is -3.42. The Morgan fingerprint density at radius 2 is 2.05 bits per heavy atom. The lowest BCUT2D eigenvalue weighted by molar-refractivity contribution is -0.141. The Hall–Kier alpha value is -1.15. The van der Waals surface area contributed by atoms with Crippen LogP contribution in [0.25, 0.3) is 0 Å². The van der Waals surface area contributed by atoms with E-state index in [-0.39, 0.29) is 6.54 Å². The molecule has 1 rings (SSSR count). The van der Waals surface area contributed by atoms with Gasteiger partial charge in [0.25, 0.3) is 0 Å². The van der Waals surface area contributed by atoms with E-state index in [2.05, 4.69) is 5.32 Å². The van der Waals surface area contributed by atoms with Gasteiger partial charge in [0.15, 0.2) is 0 Å². The SMILES string of the molecule is CC(CNC(=O)C1CCCCN1S(C)(=O)=O)C(=O)O. The lowest BCUT2D eigenvalue weighted by Gasteiger charge is -2.32. The van der Waals surface area contributed by atoms with Gasteiger partial charge >= 0.3 is 5.97 Å². The molecule has 1 amide bonds. The Morgan fingerprint density at radius 3 is 2.58 bits per heavy atom. The van der Waals surface area contributed by atoms with Crippen LogP contribution in [0.3, 0.4) is 0 Å². The maximum atomic E-state index is 12.0. The first-order valence-corrected chi connectivity index (χ1v) is 8.05. The molecule has 0 saturated carbocycles. The number of aliphatic carboxylic acids is 1. The molecule has 1 aliphatic heterocycles. The molecule has 2 atom stereocenters. The number of hydrogen-bond donors (Lipinski definition) is 2. The van der Waals surface area contributed by atoms with Crippen molar-refractivity contribution in [1.29, 1.82) is 0 Å². The van der Waals surface area contributed by atoms with Gasteiger partial charge in [0, 0.05) is 13.1 Å². The maximum absolute atomic E-state index is 12.0. The molecule has 0 aliphatic carbocycles. The van der Waals surface area contributed by atoms with E-state index >= 15 is 0 Å². The number of carbonyl (C=O) groups is 2. The number of carboxylic acids is 1. The molecule has 0 aromatic rings. The Morgan fingerprint density at radius 1 is 1.42 bits per heavy atom. The molecule has 1 aliphatic rings. The average molecular weight is 292 g/mol. The number of sulfonamides is 1. The molecule has 0 aromatic carbocycles. The van der Waals surface area contributed by atoms with E-state index in [0.717, 1.165) is 19.1 Å². The topological polar surface area (TPSA) is 104 Å². The molecule has 110 valence electrons. The summed E-state index contributed by atoms with van der Waals surface area (Å²) in [6.45, 7) is 1.82. The highest BCUT2D eigenvalue weighted by atomic mass is 32.2. The minimum absolute atomic E-state index is 0.00225. The van der Waals surface area contributed by atoms with E-state index in [1.807, 2.05) is 0 Å². The summed E-state index contributed by atoms with van der Waals surface area (Å²) in [5.41, 5.74) is 0. The van der Waals surface area contributed by atoms with Crippen molar-refractivity contribution < 1.29 is 23.1 Å². The van der Waals surface area contributed by atoms with Gasteiger partial charge in [-0.1, -0.05) is 13.3 Å². The molecule has 2 unspecified atom stereocenters. The van der Waals surface area contributed by atoms with Crippen molar-refractivity contribution in [3.63, 3.8) is 0 Å². The molecule has 0 radical (unpaired) electrons. The van der Waals surface area contributed by atoms with Crippen molar-refractivity contribution >= 4 is 21.9 Å². The van der Waals surface area contributed by atoms with Gasteiger partial charge < -0.3 is 10.4 Å². The van der Waals surface area contributed by atoms with Gasteiger partial charge in [-0.05, 0) is 12.8 Å². The summed E-state index contributed by atoms with van der Waals surface area (Å²) in [4.78, 5) is 22.6. The zero-order valence-corrected chi connectivity index (χ0v) is 11.9. The largest absolute Gasteiger partial charge is 0.481 e. The summed E-state index contributed by atoms with van der Waals surface area (Å²) in [6.07, 6.45) is 3.08. The van der Waals surface area contributed by atoms with Crippen LogP contribution in [0.4, 0.5) is 0 Å². The zero-order chi connectivity index (χ0) is 14.6. The van der Waals surface area contributed by atoms with Crippen LogP contribution in [-0.2, 0) is 19.6 Å². The first kappa shape index (κ1) is 15.9. The number of carboxylic acid groups (broad SMARTS) is 1. The van der Waals surface area contributed by atoms with E-state index in [0.29, 0.717) is 13.0 Å². The predicted molar refractivity (Wildman–Crippen MR) is 69.0 cm³/mol. The van der Waals surface area contributed by atoms with E-state index in [1.165, 1.54) is 11.2 Å². The molecule has 1 saturated heterocycles. The zero-order valence-electron chi connectivity index (χ0n) is 11.1. The quantitative estimate of drug-likeness (QED) is 0.720. The van der Waals surface area contributed by atoms with Crippen LogP contribution in [-0.4, -0.2) is 55.1 Å². The highest BCUT2D eigenvalue weighted by molar-refractivity contribution is 7.88. The number of nitrogens with one attached hydrogen (secondary N) is 1. The summed E-state index contributed by atoms with van der Waals surface area (Å²) in [5, 5.41) is 11.2. The Bertz CT molecular complexity index is 448. The van der Waals surface area contributed by atoms with Crippen LogP contribution in [0, 0.1) is 5.92 Å². The second-order valence-corrected chi connectivity index (χ2v) is 6.80. The fourth-order valence-corrected chi connectivity index (χ4v) is 3.15. The van der Waals surface area contributed by atoms with Gasteiger partial charge in [-0.25, -0.2) is 8.42 Å². The van der Waals surface area contributed by atoms with E-state index in [4.69, 9.17) is 5.11 Å². The number of hydrogen-bond acceptors (Lipinski definition) is 4. The van der Waals surface area contributed by atoms with Gasteiger partial charge in [0.1, 0.15) is 6.04 Å². The normalized spacial score (nSPS) is 22.7. The van der Waals surface area contributed by atoms with E-state index in [1.54, 1.807) is 0 Å². The third-order valence-corrected chi connectivity index (χ3v) is 4.48. The first-order valence-electron chi connectivity index (χ1n) is 6.21. The maximum Gasteiger partial charge on any atom is 0.308 e. The van der Waals surface area contributed by atoms with Crippen LogP contribution < -0.4 is 5.32 Å². The van der Waals surface area contributed by atoms with Crippen molar-refractivity contribution in [2.75, 3.05) is 19.3 Å². The Balaban J connectivity index is 2.65. The van der Waals surface area contributed by atoms with Crippen LogP contribution in [0.1, 0.15) is 26.2 Å². The number of amides is 1. The first-order chi connectivity index (χ1) is 8.73. The van der Waals surface area contributed by atoms with Crippen LogP contribution in [0.5, 0.6) is 0 Å². The molecule has 0 bridgehead atoms.